The van der Waals surface area contributed by atoms with Gasteiger partial charge >= 0.3 is 0 Å². The highest BCUT2D eigenvalue weighted by atomic mass is 35.5. The molecular formula is C15H15Cl2N5. The van der Waals surface area contributed by atoms with Crippen LogP contribution in [0.5, 0.6) is 0 Å². The van der Waals surface area contributed by atoms with Crippen LogP contribution in [0, 0.1) is 0 Å². The molecule has 0 aromatic heterocycles. The first-order valence-corrected chi connectivity index (χ1v) is 7.19. The normalized spacial score (nSPS) is 12.3. The SMILES string of the molecule is NC(=NCc1ccc(Cl)cc1)/N=C(\N)Nc1ccc(Cl)cc1. The average Bonchev–Trinajstić information content (AvgIpc) is 2.49. The molecule has 0 amide bonds. The molecule has 0 unspecified atom stereocenters. The third kappa shape index (κ3) is 5.27. The number of nitrogens with one attached hydrogen (secondary N) is 1. The first-order chi connectivity index (χ1) is 10.5. The number of nitrogens with two attached hydrogens (primary N) is 2. The maximum Gasteiger partial charge on any atom is 0.218 e. The van der Waals surface area contributed by atoms with Gasteiger partial charge in [-0.05, 0) is 42.0 Å². The second-order valence-corrected chi connectivity index (χ2v) is 5.30. The first-order valence-electron chi connectivity index (χ1n) is 6.44. The number of benzene rings is 2. The van der Waals surface area contributed by atoms with E-state index >= 15 is 0 Å². The minimum Gasteiger partial charge on any atom is -0.369 e. The van der Waals surface area contributed by atoms with Crippen molar-refractivity contribution in [2.24, 2.45) is 21.5 Å². The molecule has 0 saturated heterocycles. The molecule has 2 rings (SSSR count). The number of halogens is 2. The molecule has 0 saturated carbocycles. The fourth-order valence-electron chi connectivity index (χ4n) is 1.63. The Kier molecular flexibility index (Phi) is 5.63. The van der Waals surface area contributed by atoms with Crippen LogP contribution in [0.3, 0.4) is 0 Å². The van der Waals surface area contributed by atoms with E-state index in [1.165, 1.54) is 0 Å². The highest BCUT2D eigenvalue weighted by molar-refractivity contribution is 6.30. The molecule has 0 atom stereocenters. The van der Waals surface area contributed by atoms with Gasteiger partial charge in [0.2, 0.25) is 11.9 Å². The summed E-state index contributed by atoms with van der Waals surface area (Å²) < 4.78 is 0. The molecule has 114 valence electrons. The molecule has 0 aliphatic heterocycles. The number of anilines is 1. The van der Waals surface area contributed by atoms with Gasteiger partial charge in [0, 0.05) is 15.7 Å². The quantitative estimate of drug-likeness (QED) is 0.594. The lowest BCUT2D eigenvalue weighted by Gasteiger charge is -2.05. The van der Waals surface area contributed by atoms with Crippen molar-refractivity contribution in [3.8, 4) is 0 Å². The Morgan fingerprint density at radius 2 is 1.45 bits per heavy atom. The van der Waals surface area contributed by atoms with Crippen LogP contribution in [0.15, 0.2) is 58.5 Å². The van der Waals surface area contributed by atoms with Crippen LogP contribution < -0.4 is 16.8 Å². The van der Waals surface area contributed by atoms with Crippen molar-refractivity contribution in [1.29, 1.82) is 0 Å². The van der Waals surface area contributed by atoms with Gasteiger partial charge in [0.05, 0.1) is 6.54 Å². The van der Waals surface area contributed by atoms with Crippen LogP contribution in [0.2, 0.25) is 10.0 Å². The van der Waals surface area contributed by atoms with Gasteiger partial charge in [-0.1, -0.05) is 35.3 Å². The summed E-state index contributed by atoms with van der Waals surface area (Å²) in [6.07, 6.45) is 0. The Morgan fingerprint density at radius 1 is 0.909 bits per heavy atom. The molecule has 5 N–H and O–H groups in total. The van der Waals surface area contributed by atoms with E-state index in [1.807, 2.05) is 12.1 Å². The monoisotopic (exact) mass is 335 g/mol. The molecule has 0 heterocycles. The van der Waals surface area contributed by atoms with E-state index in [4.69, 9.17) is 34.7 Å². The Bertz CT molecular complexity index is 678. The zero-order valence-electron chi connectivity index (χ0n) is 11.6. The highest BCUT2D eigenvalue weighted by Crippen LogP contribution is 2.13. The summed E-state index contributed by atoms with van der Waals surface area (Å²) in [4.78, 5) is 8.12. The Hall–Kier alpha value is -2.24. The number of aliphatic imine (C=N–C) groups is 2. The molecule has 0 spiro atoms. The maximum absolute atomic E-state index is 5.81. The molecule has 2 aromatic carbocycles. The van der Waals surface area contributed by atoms with Gasteiger partial charge in [-0.25, -0.2) is 4.99 Å². The molecule has 5 nitrogen and oxygen atoms in total. The van der Waals surface area contributed by atoms with Gasteiger partial charge in [-0.15, -0.1) is 0 Å². The molecule has 0 bridgehead atoms. The summed E-state index contributed by atoms with van der Waals surface area (Å²) in [5.41, 5.74) is 13.2. The van der Waals surface area contributed by atoms with Crippen LogP contribution in [0.25, 0.3) is 0 Å². The third-order valence-electron chi connectivity index (χ3n) is 2.69. The number of hydrogen-bond acceptors (Lipinski definition) is 1. The van der Waals surface area contributed by atoms with Crippen LogP contribution >= 0.6 is 23.2 Å². The minimum atomic E-state index is 0.0916. The van der Waals surface area contributed by atoms with E-state index in [1.54, 1.807) is 36.4 Å². The molecule has 0 aliphatic rings. The van der Waals surface area contributed by atoms with Crippen LogP contribution in [-0.4, -0.2) is 11.9 Å². The van der Waals surface area contributed by atoms with Gasteiger partial charge < -0.3 is 16.8 Å². The molecule has 0 radical (unpaired) electrons. The summed E-state index contributed by atoms with van der Waals surface area (Å²) in [5.74, 6) is 0.244. The summed E-state index contributed by atoms with van der Waals surface area (Å²) >= 11 is 11.6. The highest BCUT2D eigenvalue weighted by Gasteiger charge is 1.97. The van der Waals surface area contributed by atoms with Gasteiger partial charge in [0.1, 0.15) is 0 Å². The van der Waals surface area contributed by atoms with E-state index in [9.17, 15) is 0 Å². The topological polar surface area (TPSA) is 88.8 Å². The average molecular weight is 336 g/mol. The van der Waals surface area contributed by atoms with E-state index < -0.39 is 0 Å². The van der Waals surface area contributed by atoms with E-state index in [0.717, 1.165) is 11.3 Å². The number of hydrogen-bond donors (Lipinski definition) is 3. The predicted molar refractivity (Wildman–Crippen MR) is 93.5 cm³/mol. The van der Waals surface area contributed by atoms with Crippen molar-refractivity contribution >= 4 is 40.8 Å². The molecule has 0 aliphatic carbocycles. The van der Waals surface area contributed by atoms with Crippen LogP contribution in [-0.2, 0) is 6.54 Å². The van der Waals surface area contributed by atoms with Crippen molar-refractivity contribution in [2.75, 3.05) is 5.32 Å². The summed E-state index contributed by atoms with van der Waals surface area (Å²) in [6, 6.07) is 14.4. The molecular weight excluding hydrogens is 321 g/mol. The Balaban J connectivity index is 1.96. The maximum atomic E-state index is 5.81. The standard InChI is InChI=1S/C15H15Cl2N5/c16-11-3-1-10(2-4-11)9-20-14(18)22-15(19)21-13-7-5-12(17)6-8-13/h1-8H,9H2,(H5,18,19,20,21,22). The summed E-state index contributed by atoms with van der Waals surface area (Å²) in [6.45, 7) is 0.403. The lowest BCUT2D eigenvalue weighted by atomic mass is 10.2. The van der Waals surface area contributed by atoms with Crippen molar-refractivity contribution < 1.29 is 0 Å². The Morgan fingerprint density at radius 3 is 2.05 bits per heavy atom. The largest absolute Gasteiger partial charge is 0.369 e. The zero-order chi connectivity index (χ0) is 15.9. The van der Waals surface area contributed by atoms with Crippen molar-refractivity contribution in [2.45, 2.75) is 6.54 Å². The van der Waals surface area contributed by atoms with Crippen molar-refractivity contribution in [1.82, 2.24) is 0 Å². The number of nitrogens with zero attached hydrogens (tertiary/aromatic N) is 2. The van der Waals surface area contributed by atoms with Gasteiger partial charge in [0.25, 0.3) is 0 Å². The fourth-order valence-corrected chi connectivity index (χ4v) is 1.88. The van der Waals surface area contributed by atoms with Gasteiger partial charge in [-0.2, -0.15) is 4.99 Å². The van der Waals surface area contributed by atoms with E-state index in [0.29, 0.717) is 16.6 Å². The zero-order valence-corrected chi connectivity index (χ0v) is 13.1. The molecule has 22 heavy (non-hydrogen) atoms. The molecule has 7 heteroatoms. The Labute approximate surface area is 138 Å². The number of rotatable bonds is 3. The lowest BCUT2D eigenvalue weighted by Crippen LogP contribution is -2.26. The van der Waals surface area contributed by atoms with Gasteiger partial charge in [-0.3, -0.25) is 0 Å². The minimum absolute atomic E-state index is 0.0916. The fraction of sp³-hybridized carbons (Fsp3) is 0.0667. The smallest absolute Gasteiger partial charge is 0.218 e. The van der Waals surface area contributed by atoms with Crippen molar-refractivity contribution in [3.63, 3.8) is 0 Å². The second-order valence-electron chi connectivity index (χ2n) is 4.43. The van der Waals surface area contributed by atoms with Crippen molar-refractivity contribution in [3.05, 3.63) is 64.1 Å². The predicted octanol–water partition coefficient (Wildman–Crippen LogP) is 3.23. The number of guanidine groups is 2. The second kappa shape index (κ2) is 7.68. The molecule has 2 aromatic rings. The van der Waals surface area contributed by atoms with Gasteiger partial charge in [0.15, 0.2) is 0 Å². The third-order valence-corrected chi connectivity index (χ3v) is 3.19. The summed E-state index contributed by atoms with van der Waals surface area (Å²) in [5, 5.41) is 4.22. The van der Waals surface area contributed by atoms with E-state index in [2.05, 4.69) is 15.3 Å². The van der Waals surface area contributed by atoms with E-state index in [-0.39, 0.29) is 11.9 Å². The summed E-state index contributed by atoms with van der Waals surface area (Å²) in [7, 11) is 0. The molecule has 0 fully saturated rings. The first kappa shape index (κ1) is 16.1. The van der Waals surface area contributed by atoms with Crippen LogP contribution in [0.1, 0.15) is 5.56 Å². The van der Waals surface area contributed by atoms with Crippen LogP contribution in [0.4, 0.5) is 5.69 Å². The lowest BCUT2D eigenvalue weighted by molar-refractivity contribution is 1.05.